The van der Waals surface area contributed by atoms with Gasteiger partial charge in [-0.15, -0.1) is 10.2 Å². The fraction of sp³-hybridized carbons (Fsp3) is 0.312. The molecule has 1 aromatic carbocycles. The van der Waals surface area contributed by atoms with Crippen LogP contribution in [0.15, 0.2) is 41.3 Å². The van der Waals surface area contributed by atoms with E-state index in [1.54, 1.807) is 24.3 Å². The highest BCUT2D eigenvalue weighted by Gasteiger charge is 2.09. The van der Waals surface area contributed by atoms with Crippen molar-refractivity contribution in [1.82, 2.24) is 15.5 Å². The van der Waals surface area contributed by atoms with Crippen molar-refractivity contribution < 1.29 is 13.2 Å². The van der Waals surface area contributed by atoms with Crippen molar-refractivity contribution in [2.24, 2.45) is 5.14 Å². The molecule has 134 valence electrons. The van der Waals surface area contributed by atoms with Crippen LogP contribution in [0.2, 0.25) is 0 Å². The number of hydrogen-bond donors (Lipinski definition) is 3. The molecule has 0 fully saturated rings. The minimum atomic E-state index is -3.69. The number of benzene rings is 1. The van der Waals surface area contributed by atoms with E-state index in [1.165, 1.54) is 12.1 Å². The van der Waals surface area contributed by atoms with Crippen molar-refractivity contribution in [3.63, 3.8) is 0 Å². The molecule has 1 amide bonds. The van der Waals surface area contributed by atoms with Crippen LogP contribution >= 0.6 is 0 Å². The van der Waals surface area contributed by atoms with Crippen LogP contribution in [-0.2, 0) is 16.4 Å². The molecule has 0 aliphatic carbocycles. The summed E-state index contributed by atoms with van der Waals surface area (Å²) in [6.07, 6.45) is 1.53. The van der Waals surface area contributed by atoms with E-state index in [-0.39, 0.29) is 16.5 Å². The number of aromatic nitrogens is 2. The zero-order chi connectivity index (χ0) is 18.3. The fourth-order valence-electron chi connectivity index (χ4n) is 2.06. The van der Waals surface area contributed by atoms with Crippen molar-refractivity contribution >= 4 is 21.7 Å². The Morgan fingerprint density at radius 3 is 2.36 bits per heavy atom. The Hall–Kier alpha value is -2.52. The zero-order valence-electron chi connectivity index (χ0n) is 13.9. The number of anilines is 1. The first kappa shape index (κ1) is 18.8. The number of rotatable bonds is 8. The number of nitrogens with zero attached hydrogens (tertiary/aromatic N) is 2. The van der Waals surface area contributed by atoms with Gasteiger partial charge in [0.05, 0.1) is 4.90 Å². The second-order valence-corrected chi connectivity index (χ2v) is 6.99. The quantitative estimate of drug-likeness (QED) is 0.640. The van der Waals surface area contributed by atoms with Crippen molar-refractivity contribution in [3.05, 3.63) is 47.7 Å². The molecule has 0 spiro atoms. The number of amides is 1. The summed E-state index contributed by atoms with van der Waals surface area (Å²) in [5, 5.41) is 18.7. The van der Waals surface area contributed by atoms with Crippen molar-refractivity contribution in [2.75, 3.05) is 18.4 Å². The molecule has 0 bridgehead atoms. The van der Waals surface area contributed by atoms with Gasteiger partial charge in [0, 0.05) is 13.1 Å². The first-order chi connectivity index (χ1) is 11.9. The Morgan fingerprint density at radius 1 is 1.08 bits per heavy atom. The maximum atomic E-state index is 12.0. The number of carbonyl (C=O) groups excluding carboxylic acids is 1. The van der Waals surface area contributed by atoms with Crippen molar-refractivity contribution in [3.8, 4) is 0 Å². The van der Waals surface area contributed by atoms with Gasteiger partial charge >= 0.3 is 0 Å². The first-order valence-electron chi connectivity index (χ1n) is 7.87. The van der Waals surface area contributed by atoms with Gasteiger partial charge in [0.25, 0.3) is 5.91 Å². The Balaban J connectivity index is 1.83. The van der Waals surface area contributed by atoms with Crippen LogP contribution in [0.25, 0.3) is 0 Å². The second-order valence-electron chi connectivity index (χ2n) is 5.43. The largest absolute Gasteiger partial charge is 0.369 e. The lowest BCUT2D eigenvalue weighted by molar-refractivity contribution is 0.0948. The predicted molar refractivity (Wildman–Crippen MR) is 94.7 cm³/mol. The number of primary sulfonamides is 1. The van der Waals surface area contributed by atoms with E-state index in [1.807, 2.05) is 6.92 Å². The van der Waals surface area contributed by atoms with Gasteiger partial charge in [0.1, 0.15) is 5.82 Å². The highest BCUT2D eigenvalue weighted by molar-refractivity contribution is 7.89. The van der Waals surface area contributed by atoms with Gasteiger partial charge < -0.3 is 10.6 Å². The topological polar surface area (TPSA) is 127 Å². The van der Waals surface area contributed by atoms with Gasteiger partial charge in [-0.25, -0.2) is 13.6 Å². The van der Waals surface area contributed by atoms with Crippen molar-refractivity contribution in [1.29, 1.82) is 0 Å². The minimum Gasteiger partial charge on any atom is -0.369 e. The Labute approximate surface area is 146 Å². The summed E-state index contributed by atoms with van der Waals surface area (Å²) in [6, 6.07) is 9.55. The molecule has 1 heterocycles. The lowest BCUT2D eigenvalue weighted by atomic mass is 10.1. The summed E-state index contributed by atoms with van der Waals surface area (Å²) in [7, 11) is -3.69. The maximum absolute atomic E-state index is 12.0. The number of nitrogens with one attached hydrogen (secondary N) is 2. The molecule has 25 heavy (non-hydrogen) atoms. The highest BCUT2D eigenvalue weighted by Crippen LogP contribution is 2.09. The molecule has 0 saturated carbocycles. The average Bonchev–Trinajstić information content (AvgIpc) is 2.60. The normalized spacial score (nSPS) is 11.1. The van der Waals surface area contributed by atoms with E-state index in [0.717, 1.165) is 18.5 Å². The van der Waals surface area contributed by atoms with Crippen LogP contribution in [0.3, 0.4) is 0 Å². The lowest BCUT2D eigenvalue weighted by Crippen LogP contribution is -2.26. The Bertz CT molecular complexity index is 805. The van der Waals surface area contributed by atoms with Gasteiger partial charge in [0.15, 0.2) is 5.69 Å². The van der Waals surface area contributed by atoms with Gasteiger partial charge in [-0.2, -0.15) is 0 Å². The third kappa shape index (κ3) is 5.80. The average molecular weight is 363 g/mol. The van der Waals surface area contributed by atoms with Crippen LogP contribution in [0.4, 0.5) is 5.82 Å². The van der Waals surface area contributed by atoms with E-state index in [2.05, 4.69) is 20.8 Å². The molecule has 4 N–H and O–H groups in total. The van der Waals surface area contributed by atoms with Gasteiger partial charge in [-0.1, -0.05) is 19.1 Å². The highest BCUT2D eigenvalue weighted by atomic mass is 32.2. The molecule has 0 aliphatic heterocycles. The van der Waals surface area contributed by atoms with E-state index in [0.29, 0.717) is 18.8 Å². The maximum Gasteiger partial charge on any atom is 0.271 e. The molecule has 0 unspecified atom stereocenters. The lowest BCUT2D eigenvalue weighted by Gasteiger charge is -2.06. The summed E-state index contributed by atoms with van der Waals surface area (Å²) in [4.78, 5) is 12.1. The predicted octanol–water partition coefficient (Wildman–Crippen LogP) is 0.918. The van der Waals surface area contributed by atoms with Gasteiger partial charge in [0.2, 0.25) is 10.0 Å². The molecule has 0 saturated heterocycles. The summed E-state index contributed by atoms with van der Waals surface area (Å²) in [5.41, 5.74) is 1.13. The molecule has 2 aromatic rings. The standard InChI is InChI=1S/C16H21N5O3S/c1-2-10-18-15-8-7-14(20-21-15)16(22)19-11-9-12-3-5-13(6-4-12)25(17,23)24/h3-8H,2,9-11H2,1H3,(H,18,21)(H,19,22)(H2,17,23,24). The molecule has 0 aliphatic rings. The third-order valence-electron chi connectivity index (χ3n) is 3.40. The summed E-state index contributed by atoms with van der Waals surface area (Å²) in [6.45, 7) is 3.24. The molecule has 0 radical (unpaired) electrons. The summed E-state index contributed by atoms with van der Waals surface area (Å²) < 4.78 is 22.4. The Kier molecular flexibility index (Phi) is 6.43. The molecule has 9 heteroatoms. The monoisotopic (exact) mass is 363 g/mol. The van der Waals surface area contributed by atoms with Crippen molar-refractivity contribution in [2.45, 2.75) is 24.7 Å². The van der Waals surface area contributed by atoms with E-state index in [4.69, 9.17) is 5.14 Å². The second kappa shape index (κ2) is 8.54. The number of carbonyl (C=O) groups is 1. The number of sulfonamides is 1. The smallest absolute Gasteiger partial charge is 0.271 e. The van der Waals surface area contributed by atoms with Crippen LogP contribution in [0.1, 0.15) is 29.4 Å². The number of nitrogens with two attached hydrogens (primary N) is 1. The van der Waals surface area contributed by atoms with Crippen LogP contribution in [0, 0.1) is 0 Å². The van der Waals surface area contributed by atoms with Crippen LogP contribution in [-0.4, -0.2) is 37.6 Å². The van der Waals surface area contributed by atoms with E-state index in [9.17, 15) is 13.2 Å². The van der Waals surface area contributed by atoms with E-state index >= 15 is 0 Å². The molecular formula is C16H21N5O3S. The molecule has 2 rings (SSSR count). The number of hydrogen-bond acceptors (Lipinski definition) is 6. The first-order valence-corrected chi connectivity index (χ1v) is 9.42. The molecular weight excluding hydrogens is 342 g/mol. The van der Waals surface area contributed by atoms with Gasteiger partial charge in [-0.05, 0) is 42.7 Å². The van der Waals surface area contributed by atoms with Crippen LogP contribution < -0.4 is 15.8 Å². The minimum absolute atomic E-state index is 0.0623. The zero-order valence-corrected chi connectivity index (χ0v) is 14.7. The molecule has 1 aromatic heterocycles. The van der Waals surface area contributed by atoms with Gasteiger partial charge in [-0.3, -0.25) is 4.79 Å². The summed E-state index contributed by atoms with van der Waals surface area (Å²) in [5.74, 6) is 0.323. The Morgan fingerprint density at radius 2 is 1.80 bits per heavy atom. The third-order valence-corrected chi connectivity index (χ3v) is 4.33. The summed E-state index contributed by atoms with van der Waals surface area (Å²) >= 11 is 0. The van der Waals surface area contributed by atoms with Crippen LogP contribution in [0.5, 0.6) is 0 Å². The molecule has 0 atom stereocenters. The van der Waals surface area contributed by atoms with E-state index < -0.39 is 10.0 Å². The fourth-order valence-corrected chi connectivity index (χ4v) is 2.57. The molecule has 8 nitrogen and oxygen atoms in total. The SMILES string of the molecule is CCCNc1ccc(C(=O)NCCc2ccc(S(N)(=O)=O)cc2)nn1.